The number of nitrogens with one attached hydrogen (secondary N) is 2. The van der Waals surface area contributed by atoms with E-state index in [0.717, 1.165) is 30.6 Å². The van der Waals surface area contributed by atoms with Gasteiger partial charge in [-0.1, -0.05) is 18.6 Å². The zero-order chi connectivity index (χ0) is 18.0. The molecule has 1 atom stereocenters. The molecule has 0 bridgehead atoms. The molecule has 0 aliphatic carbocycles. The van der Waals surface area contributed by atoms with Gasteiger partial charge >= 0.3 is 0 Å². The van der Waals surface area contributed by atoms with Crippen molar-refractivity contribution in [3.63, 3.8) is 0 Å². The molecule has 5 heteroatoms. The van der Waals surface area contributed by atoms with E-state index in [1.54, 1.807) is 0 Å². The Morgan fingerprint density at radius 2 is 2.04 bits per heavy atom. The first-order chi connectivity index (χ1) is 12.0. The topological polar surface area (TPSA) is 57.4 Å². The lowest BCUT2D eigenvalue weighted by atomic mass is 10.0. The van der Waals surface area contributed by atoms with Crippen molar-refractivity contribution in [2.24, 2.45) is 0 Å². The zero-order valence-corrected chi connectivity index (χ0v) is 15.7. The zero-order valence-electron chi connectivity index (χ0n) is 15.7. The number of hydrogen-bond donors (Lipinski definition) is 2. The van der Waals surface area contributed by atoms with E-state index < -0.39 is 0 Å². The number of benzene rings is 1. The highest BCUT2D eigenvalue weighted by Crippen LogP contribution is 2.26. The van der Waals surface area contributed by atoms with Gasteiger partial charge in [-0.3, -0.25) is 9.69 Å². The highest BCUT2D eigenvalue weighted by molar-refractivity contribution is 5.88. The predicted octanol–water partition coefficient (Wildman–Crippen LogP) is 2.68. The highest BCUT2D eigenvalue weighted by atomic mass is 16.5. The first kappa shape index (κ1) is 18.0. The van der Waals surface area contributed by atoms with Crippen molar-refractivity contribution in [1.82, 2.24) is 15.2 Å². The minimum absolute atomic E-state index is 0.0792. The molecule has 0 spiro atoms. The summed E-state index contributed by atoms with van der Waals surface area (Å²) in [5.74, 6) is 0.0792. The van der Waals surface area contributed by atoms with Gasteiger partial charge in [-0.05, 0) is 44.4 Å². The summed E-state index contributed by atoms with van der Waals surface area (Å²) < 4.78 is 5.37. The van der Waals surface area contributed by atoms with Crippen LogP contribution in [0.4, 0.5) is 0 Å². The molecule has 1 aromatic heterocycles. The van der Waals surface area contributed by atoms with Crippen LogP contribution in [0.5, 0.6) is 0 Å². The summed E-state index contributed by atoms with van der Waals surface area (Å²) >= 11 is 0. The molecule has 0 saturated carbocycles. The van der Waals surface area contributed by atoms with Crippen LogP contribution in [0.1, 0.15) is 36.2 Å². The monoisotopic (exact) mass is 343 g/mol. The second kappa shape index (κ2) is 7.58. The van der Waals surface area contributed by atoms with Gasteiger partial charge in [0, 0.05) is 30.7 Å². The van der Waals surface area contributed by atoms with Crippen molar-refractivity contribution in [3.05, 3.63) is 34.5 Å². The number of morpholine rings is 1. The number of amides is 1. The summed E-state index contributed by atoms with van der Waals surface area (Å²) in [4.78, 5) is 18.3. The Labute approximate surface area is 149 Å². The number of carbonyl (C=O) groups is 1. The van der Waals surface area contributed by atoms with Crippen LogP contribution in [-0.4, -0.2) is 48.1 Å². The fourth-order valence-corrected chi connectivity index (χ4v) is 3.67. The summed E-state index contributed by atoms with van der Waals surface area (Å²) in [6.07, 6.45) is 0.986. The van der Waals surface area contributed by atoms with E-state index in [9.17, 15) is 4.79 Å². The smallest absolute Gasteiger partial charge is 0.237 e. The molecule has 0 radical (unpaired) electrons. The summed E-state index contributed by atoms with van der Waals surface area (Å²) in [7, 11) is 0. The number of nitrogens with zero attached hydrogens (tertiary/aromatic N) is 1. The molecule has 2 N–H and O–H groups in total. The molecule has 1 amide bonds. The number of hydrogen-bond acceptors (Lipinski definition) is 3. The van der Waals surface area contributed by atoms with E-state index in [2.05, 4.69) is 48.1 Å². The van der Waals surface area contributed by atoms with Gasteiger partial charge in [-0.2, -0.15) is 0 Å². The first-order valence-corrected chi connectivity index (χ1v) is 9.21. The Morgan fingerprint density at radius 3 is 2.72 bits per heavy atom. The van der Waals surface area contributed by atoms with Gasteiger partial charge in [-0.15, -0.1) is 0 Å². The van der Waals surface area contributed by atoms with Gasteiger partial charge in [-0.25, -0.2) is 0 Å². The molecule has 3 rings (SSSR count). The Balaban J connectivity index is 1.75. The maximum atomic E-state index is 12.6. The third-order valence-electron chi connectivity index (χ3n) is 5.28. The van der Waals surface area contributed by atoms with Crippen LogP contribution in [0.3, 0.4) is 0 Å². The summed E-state index contributed by atoms with van der Waals surface area (Å²) in [5.41, 5.74) is 6.12. The Morgan fingerprint density at radius 1 is 1.32 bits per heavy atom. The molecule has 1 aromatic carbocycles. The quantitative estimate of drug-likeness (QED) is 0.878. The number of carbonyl (C=O) groups excluding carboxylic acids is 1. The summed E-state index contributed by atoms with van der Waals surface area (Å²) in [6, 6.07) is 4.26. The number of H-pyrrole nitrogens is 1. The third kappa shape index (κ3) is 3.72. The van der Waals surface area contributed by atoms with Gasteiger partial charge in [0.05, 0.1) is 24.8 Å². The van der Waals surface area contributed by atoms with Crippen molar-refractivity contribution in [2.45, 2.75) is 46.7 Å². The van der Waals surface area contributed by atoms with Crippen LogP contribution < -0.4 is 5.32 Å². The largest absolute Gasteiger partial charge is 0.379 e. The van der Waals surface area contributed by atoms with Crippen molar-refractivity contribution in [3.8, 4) is 0 Å². The van der Waals surface area contributed by atoms with Gasteiger partial charge in [0.15, 0.2) is 0 Å². The second-order valence-corrected chi connectivity index (χ2v) is 6.97. The number of ether oxygens (including phenoxy) is 1. The Bertz CT molecular complexity index is 760. The molecule has 5 nitrogen and oxygen atoms in total. The average Bonchev–Trinajstić information content (AvgIpc) is 2.95. The molecule has 1 fully saturated rings. The van der Waals surface area contributed by atoms with Crippen LogP contribution in [-0.2, 0) is 22.5 Å². The average molecular weight is 343 g/mol. The van der Waals surface area contributed by atoms with E-state index in [-0.39, 0.29) is 11.9 Å². The number of aryl methyl sites for hydroxylation is 3. The molecule has 2 aromatic rings. The van der Waals surface area contributed by atoms with Crippen LogP contribution in [0, 0.1) is 13.8 Å². The van der Waals surface area contributed by atoms with Crippen LogP contribution in [0.25, 0.3) is 10.9 Å². The lowest BCUT2D eigenvalue weighted by Gasteiger charge is -2.31. The molecular weight excluding hydrogens is 314 g/mol. The van der Waals surface area contributed by atoms with Gasteiger partial charge in [0.25, 0.3) is 0 Å². The van der Waals surface area contributed by atoms with Gasteiger partial charge in [0.2, 0.25) is 5.91 Å². The summed E-state index contributed by atoms with van der Waals surface area (Å²) in [5, 5.41) is 4.39. The number of aromatic nitrogens is 1. The Hall–Kier alpha value is -1.85. The first-order valence-electron chi connectivity index (χ1n) is 9.21. The normalized spacial score (nSPS) is 17.0. The van der Waals surface area contributed by atoms with Crippen molar-refractivity contribution < 1.29 is 9.53 Å². The van der Waals surface area contributed by atoms with Crippen LogP contribution >= 0.6 is 0 Å². The van der Waals surface area contributed by atoms with E-state index >= 15 is 0 Å². The van der Waals surface area contributed by atoms with Crippen molar-refractivity contribution in [2.75, 3.05) is 26.3 Å². The SMILES string of the molecule is CCc1[nH]c2c(CNC(=O)[C@@H](C)N3CCOCC3)cc(C)cc2c1C. The van der Waals surface area contributed by atoms with Crippen molar-refractivity contribution >= 4 is 16.8 Å². The molecular formula is C20H29N3O2. The second-order valence-electron chi connectivity index (χ2n) is 6.97. The van der Waals surface area contributed by atoms with E-state index in [4.69, 9.17) is 4.74 Å². The lowest BCUT2D eigenvalue weighted by molar-refractivity contribution is -0.127. The van der Waals surface area contributed by atoms with E-state index in [1.807, 2.05) is 6.92 Å². The molecule has 1 saturated heterocycles. The summed E-state index contributed by atoms with van der Waals surface area (Å²) in [6.45, 7) is 12.0. The number of rotatable bonds is 5. The number of aromatic amines is 1. The fourth-order valence-electron chi connectivity index (χ4n) is 3.67. The minimum atomic E-state index is -0.124. The molecule has 0 unspecified atom stereocenters. The number of fused-ring (bicyclic) bond motifs is 1. The minimum Gasteiger partial charge on any atom is -0.379 e. The Kier molecular flexibility index (Phi) is 5.45. The molecule has 1 aliphatic heterocycles. The standard InChI is InChI=1S/C20H29N3O2/c1-5-18-14(3)17-11-13(2)10-16(19(17)22-18)12-21-20(24)15(4)23-6-8-25-9-7-23/h10-11,15,22H,5-9,12H2,1-4H3,(H,21,24)/t15-/m1/s1. The third-order valence-corrected chi connectivity index (χ3v) is 5.28. The maximum Gasteiger partial charge on any atom is 0.237 e. The highest BCUT2D eigenvalue weighted by Gasteiger charge is 2.23. The molecule has 25 heavy (non-hydrogen) atoms. The molecule has 2 heterocycles. The molecule has 136 valence electrons. The maximum absolute atomic E-state index is 12.6. The van der Waals surface area contributed by atoms with E-state index in [1.165, 1.54) is 22.2 Å². The molecule has 1 aliphatic rings. The predicted molar refractivity (Wildman–Crippen MR) is 101 cm³/mol. The van der Waals surface area contributed by atoms with Gasteiger partial charge < -0.3 is 15.0 Å². The van der Waals surface area contributed by atoms with Crippen molar-refractivity contribution in [1.29, 1.82) is 0 Å². The fraction of sp³-hybridized carbons (Fsp3) is 0.550. The van der Waals surface area contributed by atoms with E-state index in [0.29, 0.717) is 19.8 Å². The van der Waals surface area contributed by atoms with Crippen LogP contribution in [0.2, 0.25) is 0 Å². The lowest BCUT2D eigenvalue weighted by Crippen LogP contribution is -2.49. The van der Waals surface area contributed by atoms with Gasteiger partial charge in [0.1, 0.15) is 0 Å². The van der Waals surface area contributed by atoms with Crippen LogP contribution in [0.15, 0.2) is 12.1 Å².